The summed E-state index contributed by atoms with van der Waals surface area (Å²) in [5.41, 5.74) is 8.24. The van der Waals surface area contributed by atoms with Crippen LogP contribution < -0.4 is 5.73 Å². The van der Waals surface area contributed by atoms with E-state index in [2.05, 4.69) is 9.97 Å². The largest absolute Gasteiger partial charge is 0.324 e. The number of nitrogens with zero attached hydrogens (tertiary/aromatic N) is 2. The van der Waals surface area contributed by atoms with Crippen LogP contribution in [0.15, 0.2) is 35.4 Å². The average molecular weight is 289 g/mol. The van der Waals surface area contributed by atoms with E-state index in [1.807, 2.05) is 6.20 Å². The van der Waals surface area contributed by atoms with Crippen molar-refractivity contribution in [1.82, 2.24) is 9.97 Å². The number of thioether (sulfide) groups is 1. The molecule has 0 fully saturated rings. The van der Waals surface area contributed by atoms with Gasteiger partial charge in [-0.1, -0.05) is 0 Å². The number of hydrogen-bond acceptors (Lipinski definition) is 4. The molecule has 1 heterocycles. The molecule has 0 aliphatic heterocycles. The molecule has 1 unspecified atom stereocenters. The van der Waals surface area contributed by atoms with Crippen LogP contribution in [0.3, 0.4) is 0 Å². The second-order valence-corrected chi connectivity index (χ2v) is 5.98. The van der Waals surface area contributed by atoms with Crippen molar-refractivity contribution in [3.05, 3.63) is 53.4 Å². The number of nitrogens with two attached hydrogens (primary N) is 1. The first-order chi connectivity index (χ1) is 9.72. The van der Waals surface area contributed by atoms with Crippen molar-refractivity contribution in [3.63, 3.8) is 0 Å². The van der Waals surface area contributed by atoms with Crippen molar-refractivity contribution in [1.29, 1.82) is 0 Å². The molecule has 20 heavy (non-hydrogen) atoms. The molecule has 2 aromatic rings. The lowest BCUT2D eigenvalue weighted by molar-refractivity contribution is 0.554. The van der Waals surface area contributed by atoms with Crippen molar-refractivity contribution in [3.8, 4) is 0 Å². The van der Waals surface area contributed by atoms with Crippen LogP contribution >= 0.6 is 11.8 Å². The minimum Gasteiger partial charge on any atom is -0.324 e. The first kappa shape index (κ1) is 13.5. The lowest BCUT2D eigenvalue weighted by Gasteiger charge is -2.20. The first-order valence-corrected chi connectivity index (χ1v) is 7.69. The zero-order chi connectivity index (χ0) is 13.9. The average Bonchev–Trinajstić information content (AvgIpc) is 2.47. The molecule has 0 spiro atoms. The van der Waals surface area contributed by atoms with E-state index >= 15 is 0 Å². The molecular formula is C15H16FN3S. The fourth-order valence-corrected chi connectivity index (χ4v) is 3.13. The van der Waals surface area contributed by atoms with Gasteiger partial charge < -0.3 is 5.73 Å². The smallest absolute Gasteiger partial charge is 0.138 e. The van der Waals surface area contributed by atoms with Crippen LogP contribution in [0.1, 0.15) is 36.0 Å². The molecule has 0 saturated carbocycles. The Labute approximate surface area is 121 Å². The van der Waals surface area contributed by atoms with E-state index in [4.69, 9.17) is 5.73 Å². The van der Waals surface area contributed by atoms with Crippen molar-refractivity contribution in [2.45, 2.75) is 36.0 Å². The van der Waals surface area contributed by atoms with Crippen LogP contribution in [0.2, 0.25) is 0 Å². The summed E-state index contributed by atoms with van der Waals surface area (Å²) >= 11 is 1.61. The van der Waals surface area contributed by atoms with Gasteiger partial charge in [0, 0.05) is 28.4 Å². The maximum absolute atomic E-state index is 12.8. The van der Waals surface area contributed by atoms with Gasteiger partial charge in [-0.25, -0.2) is 14.4 Å². The van der Waals surface area contributed by atoms with Gasteiger partial charge in [-0.2, -0.15) is 0 Å². The zero-order valence-corrected chi connectivity index (χ0v) is 11.9. The molecule has 0 saturated heterocycles. The topological polar surface area (TPSA) is 51.8 Å². The van der Waals surface area contributed by atoms with Crippen LogP contribution in [0.5, 0.6) is 0 Å². The number of hydrogen-bond donors (Lipinski definition) is 1. The maximum Gasteiger partial charge on any atom is 0.138 e. The van der Waals surface area contributed by atoms with Crippen molar-refractivity contribution >= 4 is 11.8 Å². The molecule has 1 aromatic heterocycles. The Morgan fingerprint density at radius 3 is 2.90 bits per heavy atom. The third-order valence-electron chi connectivity index (χ3n) is 3.46. The van der Waals surface area contributed by atoms with E-state index in [0.717, 1.165) is 41.2 Å². The Hall–Kier alpha value is -1.46. The molecule has 1 aliphatic rings. The van der Waals surface area contributed by atoms with Crippen molar-refractivity contribution in [2.75, 3.05) is 0 Å². The zero-order valence-electron chi connectivity index (χ0n) is 11.1. The summed E-state index contributed by atoms with van der Waals surface area (Å²) in [6, 6.07) is 6.56. The Morgan fingerprint density at radius 1 is 1.30 bits per heavy atom. The molecule has 3 rings (SSSR count). The first-order valence-electron chi connectivity index (χ1n) is 6.71. The van der Waals surface area contributed by atoms with Gasteiger partial charge in [0.1, 0.15) is 11.6 Å². The standard InChI is InChI=1S/C15H16FN3S/c16-10-4-6-11(7-5-10)20-9-15-18-8-12-13(17)2-1-3-14(12)19-15/h4-8,13H,1-3,9,17H2. The molecule has 3 nitrogen and oxygen atoms in total. The Bertz CT molecular complexity index is 601. The number of benzene rings is 1. The predicted molar refractivity (Wildman–Crippen MR) is 77.9 cm³/mol. The molecule has 1 aromatic carbocycles. The predicted octanol–water partition coefficient (Wildman–Crippen LogP) is 3.24. The lowest BCUT2D eigenvalue weighted by Crippen LogP contribution is -2.19. The highest BCUT2D eigenvalue weighted by Gasteiger charge is 2.18. The number of aryl methyl sites for hydroxylation is 1. The summed E-state index contributed by atoms with van der Waals surface area (Å²) in [6.07, 6.45) is 4.96. The van der Waals surface area contributed by atoms with Crippen LogP contribution in [-0.2, 0) is 12.2 Å². The fraction of sp³-hybridized carbons (Fsp3) is 0.333. The molecule has 0 bridgehead atoms. The number of fused-ring (bicyclic) bond motifs is 1. The minimum atomic E-state index is -0.214. The molecular weight excluding hydrogens is 273 g/mol. The van der Waals surface area contributed by atoms with Gasteiger partial charge in [0.2, 0.25) is 0 Å². The van der Waals surface area contributed by atoms with Gasteiger partial charge in [0.15, 0.2) is 0 Å². The van der Waals surface area contributed by atoms with Crippen LogP contribution in [0.25, 0.3) is 0 Å². The van der Waals surface area contributed by atoms with Gasteiger partial charge >= 0.3 is 0 Å². The van der Waals surface area contributed by atoms with Gasteiger partial charge in [-0.05, 0) is 43.5 Å². The van der Waals surface area contributed by atoms with E-state index in [9.17, 15) is 4.39 Å². The quantitative estimate of drug-likeness (QED) is 0.881. The van der Waals surface area contributed by atoms with Gasteiger partial charge in [-0.15, -0.1) is 11.8 Å². The number of halogens is 1. The number of aromatic nitrogens is 2. The Morgan fingerprint density at radius 2 is 2.10 bits per heavy atom. The van der Waals surface area contributed by atoms with Gasteiger partial charge in [0.05, 0.1) is 5.75 Å². The summed E-state index contributed by atoms with van der Waals surface area (Å²) in [7, 11) is 0. The van der Waals surface area contributed by atoms with E-state index < -0.39 is 0 Å². The molecule has 0 amide bonds. The molecule has 1 aliphatic carbocycles. The van der Waals surface area contributed by atoms with E-state index in [-0.39, 0.29) is 11.9 Å². The van der Waals surface area contributed by atoms with Crippen LogP contribution in [0.4, 0.5) is 4.39 Å². The monoisotopic (exact) mass is 289 g/mol. The lowest BCUT2D eigenvalue weighted by atomic mass is 9.93. The molecule has 0 radical (unpaired) electrons. The van der Waals surface area contributed by atoms with Crippen LogP contribution in [-0.4, -0.2) is 9.97 Å². The summed E-state index contributed by atoms with van der Waals surface area (Å²) in [5.74, 6) is 1.29. The summed E-state index contributed by atoms with van der Waals surface area (Å²) in [4.78, 5) is 10.0. The summed E-state index contributed by atoms with van der Waals surface area (Å²) in [6.45, 7) is 0. The van der Waals surface area contributed by atoms with Gasteiger partial charge in [0.25, 0.3) is 0 Å². The van der Waals surface area contributed by atoms with E-state index in [0.29, 0.717) is 5.75 Å². The third kappa shape index (κ3) is 2.99. The summed E-state index contributed by atoms with van der Waals surface area (Å²) in [5, 5.41) is 0. The van der Waals surface area contributed by atoms with Gasteiger partial charge in [-0.3, -0.25) is 0 Å². The minimum absolute atomic E-state index is 0.0811. The summed E-state index contributed by atoms with van der Waals surface area (Å²) < 4.78 is 12.8. The van der Waals surface area contributed by atoms with Crippen molar-refractivity contribution in [2.24, 2.45) is 5.73 Å². The Balaban J connectivity index is 1.70. The normalized spacial score (nSPS) is 17.8. The second kappa shape index (κ2) is 5.89. The molecule has 104 valence electrons. The molecule has 5 heteroatoms. The van der Waals surface area contributed by atoms with E-state index in [1.165, 1.54) is 12.1 Å². The van der Waals surface area contributed by atoms with Crippen LogP contribution in [0, 0.1) is 5.82 Å². The third-order valence-corrected chi connectivity index (χ3v) is 4.47. The van der Waals surface area contributed by atoms with Crippen molar-refractivity contribution < 1.29 is 4.39 Å². The maximum atomic E-state index is 12.8. The highest BCUT2D eigenvalue weighted by atomic mass is 32.2. The number of rotatable bonds is 3. The van der Waals surface area contributed by atoms with E-state index in [1.54, 1.807) is 23.9 Å². The highest BCUT2D eigenvalue weighted by Crippen LogP contribution is 2.27. The highest BCUT2D eigenvalue weighted by molar-refractivity contribution is 7.98. The molecule has 1 atom stereocenters. The fourth-order valence-electron chi connectivity index (χ4n) is 2.37. The second-order valence-electron chi connectivity index (χ2n) is 4.93. The SMILES string of the molecule is NC1CCCc2nc(CSc3ccc(F)cc3)ncc21. The molecule has 2 N–H and O–H groups in total. The Kier molecular flexibility index (Phi) is 3.98.